The summed E-state index contributed by atoms with van der Waals surface area (Å²) in [7, 11) is 0. The van der Waals surface area contributed by atoms with E-state index >= 15 is 0 Å². The van der Waals surface area contributed by atoms with Gasteiger partial charge in [-0.3, -0.25) is 19.9 Å². The third kappa shape index (κ3) is 5.28. The summed E-state index contributed by atoms with van der Waals surface area (Å²) < 4.78 is 7.00. The summed E-state index contributed by atoms with van der Waals surface area (Å²) in [6.07, 6.45) is 6.14. The molecule has 9 nitrogen and oxygen atoms in total. The normalized spacial score (nSPS) is 13.5. The number of aromatic amines is 1. The summed E-state index contributed by atoms with van der Waals surface area (Å²) >= 11 is 1.79. The molecule has 0 unspecified atom stereocenters. The maximum Gasteiger partial charge on any atom is 0.244 e. The smallest absolute Gasteiger partial charge is 0.244 e. The molecular formula is C23H24IN7O2. The van der Waals surface area contributed by atoms with E-state index in [0.717, 1.165) is 59.6 Å². The second kappa shape index (κ2) is 10.7. The van der Waals surface area contributed by atoms with Gasteiger partial charge in [0.15, 0.2) is 0 Å². The third-order valence-corrected chi connectivity index (χ3v) is 5.73. The van der Waals surface area contributed by atoms with E-state index in [1.165, 1.54) is 6.08 Å². The van der Waals surface area contributed by atoms with Gasteiger partial charge in [0, 0.05) is 47.4 Å². The quantitative estimate of drug-likeness (QED) is 0.130. The van der Waals surface area contributed by atoms with E-state index in [9.17, 15) is 4.79 Å². The predicted molar refractivity (Wildman–Crippen MR) is 135 cm³/mol. The Hall–Kier alpha value is -3.12. The van der Waals surface area contributed by atoms with Crippen LogP contribution in [0.1, 0.15) is 23.5 Å². The van der Waals surface area contributed by atoms with Crippen LogP contribution in [-0.2, 0) is 20.8 Å². The molecule has 0 saturated heterocycles. The number of carbonyl (C=O) groups is 1. The lowest BCUT2D eigenvalue weighted by Crippen LogP contribution is -2.24. The van der Waals surface area contributed by atoms with Crippen molar-refractivity contribution in [3.8, 4) is 22.5 Å². The van der Waals surface area contributed by atoms with Crippen LogP contribution in [0.3, 0.4) is 0 Å². The number of nitrogens with zero attached hydrogens (tertiary/aromatic N) is 4. The fourth-order valence-corrected chi connectivity index (χ4v) is 4.11. The van der Waals surface area contributed by atoms with E-state index in [0.29, 0.717) is 24.3 Å². The van der Waals surface area contributed by atoms with E-state index in [2.05, 4.69) is 20.0 Å². The number of carbonyl (C=O) groups excluding carboxylic acids is 1. The minimum atomic E-state index is -0.224. The zero-order valence-corrected chi connectivity index (χ0v) is 20.3. The molecule has 0 aromatic carbocycles. The van der Waals surface area contributed by atoms with Crippen LogP contribution in [0, 0.1) is 12.3 Å². The molecule has 0 radical (unpaired) electrons. The highest BCUT2D eigenvalue weighted by atomic mass is 127. The fourth-order valence-electron chi connectivity index (χ4n) is 3.89. The van der Waals surface area contributed by atoms with Gasteiger partial charge in [-0.2, -0.15) is 5.10 Å². The van der Waals surface area contributed by atoms with Crippen molar-refractivity contribution in [1.82, 2.24) is 25.1 Å². The number of rotatable bonds is 8. The van der Waals surface area contributed by atoms with Crippen molar-refractivity contribution in [2.75, 3.05) is 13.2 Å². The number of hydrogen-bond donors (Lipinski definition) is 3. The molecule has 1 aliphatic heterocycles. The van der Waals surface area contributed by atoms with Gasteiger partial charge in [-0.15, -0.1) is 0 Å². The van der Waals surface area contributed by atoms with Gasteiger partial charge in [0.1, 0.15) is 40.5 Å². The Bertz CT molecular complexity index is 1280. The minimum absolute atomic E-state index is 0.224. The number of halogens is 1. The Morgan fingerprint density at radius 1 is 1.39 bits per heavy atom. The number of pyridine rings is 2. The van der Waals surface area contributed by atoms with E-state index in [1.54, 1.807) is 29.1 Å². The SMILES string of the molecule is Cc1cccc(-c2nn3c(c2-c2cc/c(=N/C=N)[nH]c2/C=C/C(=O)NCCOI)CCC3)n1. The Labute approximate surface area is 205 Å². The molecule has 4 rings (SSSR count). The van der Waals surface area contributed by atoms with Gasteiger partial charge in [-0.1, -0.05) is 6.07 Å². The molecule has 170 valence electrons. The van der Waals surface area contributed by atoms with Crippen molar-refractivity contribution >= 4 is 41.3 Å². The average Bonchev–Trinajstić information content (AvgIpc) is 3.40. The first-order valence-electron chi connectivity index (χ1n) is 10.6. The van der Waals surface area contributed by atoms with Gasteiger partial charge < -0.3 is 13.4 Å². The molecule has 10 heteroatoms. The van der Waals surface area contributed by atoms with E-state index in [1.807, 2.05) is 37.3 Å². The second-order valence-electron chi connectivity index (χ2n) is 7.53. The van der Waals surface area contributed by atoms with Gasteiger partial charge in [-0.25, -0.2) is 4.99 Å². The summed E-state index contributed by atoms with van der Waals surface area (Å²) in [5.74, 6) is -0.224. The summed E-state index contributed by atoms with van der Waals surface area (Å²) in [5.41, 5.74) is 6.83. The van der Waals surface area contributed by atoms with Crippen molar-refractivity contribution in [1.29, 1.82) is 5.41 Å². The van der Waals surface area contributed by atoms with Crippen molar-refractivity contribution < 1.29 is 7.86 Å². The maximum atomic E-state index is 12.3. The predicted octanol–water partition coefficient (Wildman–Crippen LogP) is 3.20. The molecule has 1 aliphatic rings. The lowest BCUT2D eigenvalue weighted by atomic mass is 9.98. The highest BCUT2D eigenvalue weighted by Crippen LogP contribution is 2.38. The van der Waals surface area contributed by atoms with Crippen LogP contribution in [0.2, 0.25) is 0 Å². The van der Waals surface area contributed by atoms with E-state index < -0.39 is 0 Å². The van der Waals surface area contributed by atoms with Gasteiger partial charge in [0.05, 0.1) is 12.3 Å². The van der Waals surface area contributed by atoms with Crippen molar-refractivity contribution in [3.05, 3.63) is 59.0 Å². The summed E-state index contributed by atoms with van der Waals surface area (Å²) in [6.45, 7) is 3.68. The first-order chi connectivity index (χ1) is 16.1. The fraction of sp³-hybridized carbons (Fsp3) is 0.261. The number of hydrogen-bond acceptors (Lipinski definition) is 5. The molecule has 0 fully saturated rings. The first-order valence-corrected chi connectivity index (χ1v) is 11.5. The van der Waals surface area contributed by atoms with Crippen LogP contribution in [0.25, 0.3) is 28.6 Å². The monoisotopic (exact) mass is 557 g/mol. The van der Waals surface area contributed by atoms with Crippen molar-refractivity contribution in [3.63, 3.8) is 0 Å². The number of aryl methyl sites for hydroxylation is 2. The van der Waals surface area contributed by atoms with Crippen LogP contribution in [0.5, 0.6) is 0 Å². The van der Waals surface area contributed by atoms with Crippen LogP contribution in [-0.4, -0.2) is 45.1 Å². The Morgan fingerprint density at radius 3 is 3.06 bits per heavy atom. The molecule has 0 atom stereocenters. The Kier molecular flexibility index (Phi) is 7.45. The Balaban J connectivity index is 1.83. The average molecular weight is 557 g/mol. The van der Waals surface area contributed by atoms with Gasteiger partial charge in [0.2, 0.25) is 5.91 Å². The highest BCUT2D eigenvalue weighted by Gasteiger charge is 2.25. The lowest BCUT2D eigenvalue weighted by molar-refractivity contribution is -0.116. The minimum Gasteiger partial charge on any atom is -0.350 e. The molecule has 3 aromatic heterocycles. The Morgan fingerprint density at radius 2 is 2.27 bits per heavy atom. The summed E-state index contributed by atoms with van der Waals surface area (Å²) in [6, 6.07) is 9.69. The molecule has 0 aliphatic carbocycles. The van der Waals surface area contributed by atoms with Crippen LogP contribution in [0.15, 0.2) is 41.4 Å². The number of H-pyrrole nitrogens is 1. The third-order valence-electron chi connectivity index (χ3n) is 5.29. The maximum absolute atomic E-state index is 12.3. The molecule has 33 heavy (non-hydrogen) atoms. The molecule has 3 aromatic rings. The standard InChI is InChI=1S/C23H24IN7O2/c1-15-4-2-5-18(28-15)23-22(19-6-3-12-31(19)30-23)16-7-9-20(27-14-25)29-17(16)8-10-21(32)26-11-13-33-24/h2,4-5,7-10,14H,3,6,11-13H2,1H3,(H,26,32)(H2,25,27,29)/b10-8+. The molecular weight excluding hydrogens is 533 g/mol. The molecule has 0 spiro atoms. The molecule has 4 heterocycles. The number of fused-ring (bicyclic) bond motifs is 1. The van der Waals surface area contributed by atoms with E-state index in [4.69, 9.17) is 18.6 Å². The molecule has 1 amide bonds. The largest absolute Gasteiger partial charge is 0.350 e. The molecule has 3 N–H and O–H groups in total. The van der Waals surface area contributed by atoms with Crippen molar-refractivity contribution in [2.24, 2.45) is 4.99 Å². The lowest BCUT2D eigenvalue weighted by Gasteiger charge is -2.10. The zero-order valence-electron chi connectivity index (χ0n) is 18.1. The highest BCUT2D eigenvalue weighted by molar-refractivity contribution is 14.1. The zero-order chi connectivity index (χ0) is 23.2. The number of aromatic nitrogens is 4. The topological polar surface area (TPSA) is 121 Å². The molecule has 0 saturated carbocycles. The van der Waals surface area contributed by atoms with Crippen LogP contribution in [0.4, 0.5) is 0 Å². The van der Waals surface area contributed by atoms with Gasteiger partial charge in [0.25, 0.3) is 0 Å². The van der Waals surface area contributed by atoms with Crippen LogP contribution >= 0.6 is 23.0 Å². The second-order valence-corrected chi connectivity index (χ2v) is 8.15. The van der Waals surface area contributed by atoms with Crippen LogP contribution < -0.4 is 10.8 Å². The van der Waals surface area contributed by atoms with Crippen molar-refractivity contribution in [2.45, 2.75) is 26.3 Å². The van der Waals surface area contributed by atoms with E-state index in [-0.39, 0.29) is 5.91 Å². The summed E-state index contributed by atoms with van der Waals surface area (Å²) in [5, 5.41) is 15.0. The summed E-state index contributed by atoms with van der Waals surface area (Å²) in [4.78, 5) is 24.2. The first kappa shape index (κ1) is 23.1. The molecule has 0 bridgehead atoms. The van der Waals surface area contributed by atoms with Gasteiger partial charge in [-0.05, 0) is 50.1 Å². The van der Waals surface area contributed by atoms with Gasteiger partial charge >= 0.3 is 0 Å². The number of amides is 1. The number of nitrogens with one attached hydrogen (secondary N) is 3.